The predicted molar refractivity (Wildman–Crippen MR) is 68.1 cm³/mol. The van der Waals surface area contributed by atoms with Crippen LogP contribution in [0.5, 0.6) is 0 Å². The van der Waals surface area contributed by atoms with E-state index in [0.717, 1.165) is 4.47 Å². The third kappa shape index (κ3) is 2.65. The summed E-state index contributed by atoms with van der Waals surface area (Å²) in [6.45, 7) is 0. The van der Waals surface area contributed by atoms with Crippen molar-refractivity contribution in [2.45, 2.75) is 0 Å². The Bertz CT molecular complexity index is 569. The summed E-state index contributed by atoms with van der Waals surface area (Å²) in [6.07, 6.45) is 3.11. The summed E-state index contributed by atoms with van der Waals surface area (Å²) >= 11 is 9.13. The maximum absolute atomic E-state index is 11.9. The molecule has 88 valence electrons. The lowest BCUT2D eigenvalue weighted by molar-refractivity contribution is 0.101. The predicted octanol–water partition coefficient (Wildman–Crippen LogP) is 2.48. The van der Waals surface area contributed by atoms with Crippen LogP contribution < -0.4 is 5.32 Å². The molecule has 0 saturated carbocycles. The first-order valence-electron chi connectivity index (χ1n) is 4.68. The number of hydrogen-bond acceptors (Lipinski definition) is 3. The van der Waals surface area contributed by atoms with E-state index in [9.17, 15) is 4.79 Å². The summed E-state index contributed by atoms with van der Waals surface area (Å²) in [4.78, 5) is 15.8. The first-order chi connectivity index (χ1) is 8.08. The summed E-state index contributed by atoms with van der Waals surface area (Å²) in [7, 11) is 1.69. The molecule has 0 aliphatic heterocycles. The van der Waals surface area contributed by atoms with Crippen molar-refractivity contribution >= 4 is 39.1 Å². The molecule has 0 aromatic carbocycles. The third-order valence-electron chi connectivity index (χ3n) is 2.11. The van der Waals surface area contributed by atoms with Crippen LogP contribution in [0.15, 0.2) is 29.0 Å². The molecule has 0 radical (unpaired) electrons. The number of amides is 1. The third-order valence-corrected chi connectivity index (χ3v) is 2.84. The lowest BCUT2D eigenvalue weighted by atomic mass is 10.3. The number of anilines is 1. The molecule has 2 aromatic heterocycles. The van der Waals surface area contributed by atoms with Gasteiger partial charge in [0, 0.05) is 23.9 Å². The number of halogens is 2. The Morgan fingerprint density at radius 2 is 2.35 bits per heavy atom. The van der Waals surface area contributed by atoms with Crippen molar-refractivity contribution in [3.63, 3.8) is 0 Å². The van der Waals surface area contributed by atoms with E-state index in [2.05, 4.69) is 31.3 Å². The molecule has 0 spiro atoms. The SMILES string of the molecule is Cn1nccc1C(=O)Nc1cc(Br)cnc1Cl. The molecule has 17 heavy (non-hydrogen) atoms. The van der Waals surface area contributed by atoms with E-state index in [1.165, 1.54) is 4.68 Å². The van der Waals surface area contributed by atoms with Gasteiger partial charge < -0.3 is 5.32 Å². The Balaban J connectivity index is 2.24. The number of aromatic nitrogens is 3. The molecule has 2 rings (SSSR count). The minimum Gasteiger partial charge on any atom is -0.318 e. The van der Waals surface area contributed by atoms with Crippen molar-refractivity contribution < 1.29 is 4.79 Å². The van der Waals surface area contributed by atoms with E-state index < -0.39 is 0 Å². The number of hydrogen-bond donors (Lipinski definition) is 1. The number of carbonyl (C=O) groups excluding carboxylic acids is 1. The Labute approximate surface area is 111 Å². The zero-order valence-electron chi connectivity index (χ0n) is 8.82. The summed E-state index contributed by atoms with van der Waals surface area (Å²) < 4.78 is 2.22. The molecule has 0 bridgehead atoms. The second-order valence-corrected chi connectivity index (χ2v) is 4.56. The zero-order chi connectivity index (χ0) is 12.4. The van der Waals surface area contributed by atoms with Gasteiger partial charge in [-0.2, -0.15) is 5.10 Å². The van der Waals surface area contributed by atoms with Crippen molar-refractivity contribution in [2.75, 3.05) is 5.32 Å². The molecule has 5 nitrogen and oxygen atoms in total. The maximum Gasteiger partial charge on any atom is 0.274 e. The minimum absolute atomic E-state index is 0.240. The average molecular weight is 316 g/mol. The van der Waals surface area contributed by atoms with E-state index in [1.54, 1.807) is 31.6 Å². The van der Waals surface area contributed by atoms with Crippen LogP contribution in [0.1, 0.15) is 10.5 Å². The molecular weight excluding hydrogens is 307 g/mol. The van der Waals surface area contributed by atoms with Gasteiger partial charge in [-0.15, -0.1) is 0 Å². The molecular formula is C10H8BrClN4O. The smallest absolute Gasteiger partial charge is 0.274 e. The van der Waals surface area contributed by atoms with Crippen molar-refractivity contribution in [1.82, 2.24) is 14.8 Å². The van der Waals surface area contributed by atoms with Crippen LogP contribution in [-0.4, -0.2) is 20.7 Å². The molecule has 0 aliphatic rings. The minimum atomic E-state index is -0.285. The molecule has 1 N–H and O–H groups in total. The van der Waals surface area contributed by atoms with E-state index in [4.69, 9.17) is 11.6 Å². The Kier molecular flexibility index (Phi) is 3.44. The fraction of sp³-hybridized carbons (Fsp3) is 0.100. The fourth-order valence-corrected chi connectivity index (χ4v) is 1.78. The Morgan fingerprint density at radius 3 is 3.00 bits per heavy atom. The first kappa shape index (κ1) is 12.1. The van der Waals surface area contributed by atoms with Crippen LogP contribution >= 0.6 is 27.5 Å². The van der Waals surface area contributed by atoms with Crippen molar-refractivity contribution in [3.8, 4) is 0 Å². The largest absolute Gasteiger partial charge is 0.318 e. The molecule has 0 saturated heterocycles. The number of carbonyl (C=O) groups is 1. The lowest BCUT2D eigenvalue weighted by Crippen LogP contribution is -2.16. The van der Waals surface area contributed by atoms with Gasteiger partial charge in [-0.3, -0.25) is 9.48 Å². The second kappa shape index (κ2) is 4.85. The number of rotatable bonds is 2. The number of nitrogens with one attached hydrogen (secondary N) is 1. The molecule has 0 atom stereocenters. The quantitative estimate of drug-likeness (QED) is 0.866. The summed E-state index contributed by atoms with van der Waals surface area (Å²) in [5.74, 6) is -0.285. The summed E-state index contributed by atoms with van der Waals surface area (Å²) in [6, 6.07) is 3.30. The topological polar surface area (TPSA) is 59.8 Å². The van der Waals surface area contributed by atoms with Crippen LogP contribution in [0.4, 0.5) is 5.69 Å². The van der Waals surface area contributed by atoms with Gasteiger partial charge >= 0.3 is 0 Å². The monoisotopic (exact) mass is 314 g/mol. The van der Waals surface area contributed by atoms with Crippen LogP contribution in [-0.2, 0) is 7.05 Å². The van der Waals surface area contributed by atoms with Crippen LogP contribution in [0, 0.1) is 0 Å². The highest BCUT2D eigenvalue weighted by Gasteiger charge is 2.12. The number of pyridine rings is 1. The zero-order valence-corrected chi connectivity index (χ0v) is 11.2. The van der Waals surface area contributed by atoms with Crippen LogP contribution in [0.2, 0.25) is 5.15 Å². The Morgan fingerprint density at radius 1 is 1.59 bits per heavy atom. The highest BCUT2D eigenvalue weighted by molar-refractivity contribution is 9.10. The van der Waals surface area contributed by atoms with Gasteiger partial charge in [-0.25, -0.2) is 4.98 Å². The van der Waals surface area contributed by atoms with Gasteiger partial charge in [0.25, 0.3) is 5.91 Å². The molecule has 0 fully saturated rings. The van der Waals surface area contributed by atoms with Crippen molar-refractivity contribution in [1.29, 1.82) is 0 Å². The average Bonchev–Trinajstić information content (AvgIpc) is 2.70. The highest BCUT2D eigenvalue weighted by atomic mass is 79.9. The molecule has 0 unspecified atom stereocenters. The summed E-state index contributed by atoms with van der Waals surface area (Å²) in [5, 5.41) is 6.83. The highest BCUT2D eigenvalue weighted by Crippen LogP contribution is 2.23. The normalized spacial score (nSPS) is 10.3. The van der Waals surface area contributed by atoms with E-state index in [1.807, 2.05) is 0 Å². The van der Waals surface area contributed by atoms with Crippen LogP contribution in [0.25, 0.3) is 0 Å². The molecule has 0 aliphatic carbocycles. The van der Waals surface area contributed by atoms with Gasteiger partial charge in [0.15, 0.2) is 5.15 Å². The van der Waals surface area contributed by atoms with Gasteiger partial charge in [0.1, 0.15) is 5.69 Å². The van der Waals surface area contributed by atoms with E-state index in [0.29, 0.717) is 11.4 Å². The maximum atomic E-state index is 11.9. The number of aryl methyl sites for hydroxylation is 1. The van der Waals surface area contributed by atoms with Gasteiger partial charge in [-0.1, -0.05) is 11.6 Å². The van der Waals surface area contributed by atoms with Crippen molar-refractivity contribution in [3.05, 3.63) is 39.8 Å². The van der Waals surface area contributed by atoms with E-state index in [-0.39, 0.29) is 11.1 Å². The number of nitrogens with zero attached hydrogens (tertiary/aromatic N) is 3. The second-order valence-electron chi connectivity index (χ2n) is 3.29. The van der Waals surface area contributed by atoms with Gasteiger partial charge in [0.05, 0.1) is 5.69 Å². The fourth-order valence-electron chi connectivity index (χ4n) is 1.29. The Hall–Kier alpha value is -1.40. The van der Waals surface area contributed by atoms with Crippen molar-refractivity contribution in [2.24, 2.45) is 7.05 Å². The molecule has 7 heteroatoms. The van der Waals surface area contributed by atoms with Gasteiger partial charge in [0.2, 0.25) is 0 Å². The van der Waals surface area contributed by atoms with E-state index >= 15 is 0 Å². The standard InChI is InChI=1S/C10H8BrClN4O/c1-16-8(2-3-14-16)10(17)15-7-4-6(11)5-13-9(7)12/h2-5H,1H3,(H,15,17). The molecule has 1 amide bonds. The summed E-state index contributed by atoms with van der Waals surface area (Å²) in [5.41, 5.74) is 0.897. The van der Waals surface area contributed by atoms with Gasteiger partial charge in [-0.05, 0) is 28.1 Å². The van der Waals surface area contributed by atoms with Crippen LogP contribution in [0.3, 0.4) is 0 Å². The molecule has 2 heterocycles. The molecule has 2 aromatic rings. The first-order valence-corrected chi connectivity index (χ1v) is 5.85. The lowest BCUT2D eigenvalue weighted by Gasteiger charge is -2.06.